The average Bonchev–Trinajstić information content (AvgIpc) is 2.49. The Morgan fingerprint density at radius 1 is 1.14 bits per heavy atom. The van der Waals surface area contributed by atoms with Crippen molar-refractivity contribution in [2.24, 2.45) is 10.4 Å². The van der Waals surface area contributed by atoms with E-state index in [9.17, 15) is 9.90 Å². The quantitative estimate of drug-likeness (QED) is 0.401. The third-order valence-corrected chi connectivity index (χ3v) is 2.68. The van der Waals surface area contributed by atoms with Crippen LogP contribution in [-0.2, 0) is 11.4 Å². The molecule has 0 amide bonds. The summed E-state index contributed by atoms with van der Waals surface area (Å²) >= 11 is 0. The Morgan fingerprint density at radius 3 is 2.67 bits per heavy atom. The Morgan fingerprint density at radius 2 is 1.90 bits per heavy atom. The topological polar surface area (TPSA) is 80.5 Å². The van der Waals surface area contributed by atoms with E-state index in [1.54, 1.807) is 55.5 Å². The summed E-state index contributed by atoms with van der Waals surface area (Å²) in [5.41, 5.74) is 1.34. The third kappa shape index (κ3) is 4.31. The smallest absolute Gasteiger partial charge is 0.507 e. The normalized spacial score (nSPS) is 10.5. The summed E-state index contributed by atoms with van der Waals surface area (Å²) in [6.07, 6.45) is -0.974. The number of rotatable bonds is 4. The van der Waals surface area contributed by atoms with Crippen molar-refractivity contribution in [3.8, 4) is 11.5 Å². The van der Waals surface area contributed by atoms with E-state index in [2.05, 4.69) is 15.2 Å². The van der Waals surface area contributed by atoms with Gasteiger partial charge in [0.25, 0.3) is 0 Å². The van der Waals surface area contributed by atoms with Crippen LogP contribution in [0.2, 0.25) is 0 Å². The standard InChI is InChI=1S/C15H14N2O4/c1-11-6-5-7-12(14(11)18)10-16-17-21-15(19)20-13-8-3-2-4-9-13/h2-9,18H,10H2,1H3/b17-16+. The average molecular weight is 286 g/mol. The number of carbonyl (C=O) groups is 1. The molecule has 2 aromatic rings. The number of nitrogens with zero attached hydrogens (tertiary/aromatic N) is 2. The van der Waals surface area contributed by atoms with Crippen molar-refractivity contribution < 1.29 is 19.5 Å². The molecule has 6 heteroatoms. The maximum Gasteiger partial charge on any atom is 0.542 e. The van der Waals surface area contributed by atoms with Gasteiger partial charge >= 0.3 is 6.16 Å². The van der Waals surface area contributed by atoms with Crippen molar-refractivity contribution >= 4 is 6.16 Å². The highest BCUT2D eigenvalue weighted by Crippen LogP contribution is 2.22. The summed E-state index contributed by atoms with van der Waals surface area (Å²) in [6.45, 7) is 1.88. The molecule has 0 aliphatic carbocycles. The van der Waals surface area contributed by atoms with Gasteiger partial charge in [0.05, 0.1) is 6.54 Å². The fourth-order valence-electron chi connectivity index (χ4n) is 1.62. The molecule has 6 nitrogen and oxygen atoms in total. The van der Waals surface area contributed by atoms with Gasteiger partial charge in [0.1, 0.15) is 11.5 Å². The maximum absolute atomic E-state index is 11.3. The Kier molecular flexibility index (Phi) is 4.87. The van der Waals surface area contributed by atoms with Crippen LogP contribution in [0.15, 0.2) is 58.9 Å². The summed E-state index contributed by atoms with van der Waals surface area (Å²) in [4.78, 5) is 15.8. The number of aryl methyl sites for hydroxylation is 1. The van der Waals surface area contributed by atoms with Crippen molar-refractivity contribution in [1.82, 2.24) is 0 Å². The number of para-hydroxylation sites is 2. The number of ether oxygens (including phenoxy) is 1. The molecule has 0 radical (unpaired) electrons. The number of carbonyl (C=O) groups excluding carboxylic acids is 1. The zero-order valence-corrected chi connectivity index (χ0v) is 11.4. The van der Waals surface area contributed by atoms with Crippen molar-refractivity contribution in [3.05, 3.63) is 59.7 Å². The Labute approximate surface area is 121 Å². The highest BCUT2D eigenvalue weighted by atomic mass is 16.8. The second-order valence-electron chi connectivity index (χ2n) is 4.22. The zero-order chi connectivity index (χ0) is 15.1. The molecule has 108 valence electrons. The predicted octanol–water partition coefficient (Wildman–Crippen LogP) is 3.78. The second kappa shape index (κ2) is 7.04. The molecule has 21 heavy (non-hydrogen) atoms. The van der Waals surface area contributed by atoms with Gasteiger partial charge < -0.3 is 9.84 Å². The van der Waals surface area contributed by atoms with Gasteiger partial charge in [-0.15, -0.1) is 5.11 Å². The second-order valence-corrected chi connectivity index (χ2v) is 4.22. The molecule has 2 aromatic carbocycles. The first-order chi connectivity index (χ1) is 10.2. The first-order valence-corrected chi connectivity index (χ1v) is 6.25. The lowest BCUT2D eigenvalue weighted by atomic mass is 10.1. The van der Waals surface area contributed by atoms with E-state index in [0.29, 0.717) is 11.3 Å². The molecule has 0 atom stereocenters. The summed E-state index contributed by atoms with van der Waals surface area (Å²) in [7, 11) is 0. The molecule has 0 unspecified atom stereocenters. The van der Waals surface area contributed by atoms with Gasteiger partial charge in [-0.25, -0.2) is 4.79 Å². The molecular weight excluding hydrogens is 272 g/mol. The van der Waals surface area contributed by atoms with Crippen LogP contribution in [0.5, 0.6) is 11.5 Å². The minimum absolute atomic E-state index is 0.103. The van der Waals surface area contributed by atoms with Crippen LogP contribution in [0.3, 0.4) is 0 Å². The van der Waals surface area contributed by atoms with Crippen molar-refractivity contribution in [3.63, 3.8) is 0 Å². The largest absolute Gasteiger partial charge is 0.542 e. The Balaban J connectivity index is 1.83. The predicted molar refractivity (Wildman–Crippen MR) is 75.0 cm³/mol. The van der Waals surface area contributed by atoms with E-state index < -0.39 is 6.16 Å². The van der Waals surface area contributed by atoms with Crippen LogP contribution in [-0.4, -0.2) is 11.3 Å². The zero-order valence-electron chi connectivity index (χ0n) is 11.4. The first-order valence-electron chi connectivity index (χ1n) is 6.25. The SMILES string of the molecule is Cc1cccc(C/N=N/OC(=O)Oc2ccccc2)c1O. The molecular formula is C15H14N2O4. The lowest BCUT2D eigenvalue weighted by Gasteiger charge is -2.03. The first kappa shape index (κ1) is 14.5. The number of phenols is 1. The molecule has 0 fully saturated rings. The monoisotopic (exact) mass is 286 g/mol. The summed E-state index contributed by atoms with van der Waals surface area (Å²) in [6, 6.07) is 13.8. The molecule has 0 aliphatic heterocycles. The van der Waals surface area contributed by atoms with Crippen LogP contribution >= 0.6 is 0 Å². The van der Waals surface area contributed by atoms with Crippen molar-refractivity contribution in [1.29, 1.82) is 0 Å². The van der Waals surface area contributed by atoms with Crippen LogP contribution in [0.25, 0.3) is 0 Å². The molecule has 2 rings (SSSR count). The van der Waals surface area contributed by atoms with Gasteiger partial charge in [0.2, 0.25) is 0 Å². The van der Waals surface area contributed by atoms with E-state index in [1.165, 1.54) is 0 Å². The fourth-order valence-corrected chi connectivity index (χ4v) is 1.62. The number of benzene rings is 2. The van der Waals surface area contributed by atoms with E-state index in [-0.39, 0.29) is 12.3 Å². The molecule has 0 spiro atoms. The van der Waals surface area contributed by atoms with Crippen LogP contribution in [0.1, 0.15) is 11.1 Å². The summed E-state index contributed by atoms with van der Waals surface area (Å²) < 4.78 is 4.85. The van der Waals surface area contributed by atoms with Gasteiger partial charge in [0, 0.05) is 10.8 Å². The van der Waals surface area contributed by atoms with Gasteiger partial charge in [-0.3, -0.25) is 4.84 Å². The molecule has 0 bridgehead atoms. The molecule has 0 aliphatic rings. The molecule has 0 aromatic heterocycles. The minimum atomic E-state index is -0.974. The fraction of sp³-hybridized carbons (Fsp3) is 0.133. The van der Waals surface area contributed by atoms with E-state index in [4.69, 9.17) is 4.74 Å². The molecule has 0 saturated carbocycles. The molecule has 0 heterocycles. The van der Waals surface area contributed by atoms with Crippen LogP contribution < -0.4 is 4.74 Å². The summed E-state index contributed by atoms with van der Waals surface area (Å²) in [5, 5.41) is 16.7. The van der Waals surface area contributed by atoms with Crippen molar-refractivity contribution in [2.75, 3.05) is 0 Å². The number of phenolic OH excluding ortho intramolecular Hbond substituents is 1. The van der Waals surface area contributed by atoms with E-state index in [1.807, 2.05) is 0 Å². The molecule has 1 N–H and O–H groups in total. The molecule has 0 saturated heterocycles. The Bertz CT molecular complexity index is 641. The Hall–Kier alpha value is -2.89. The number of hydrogen-bond acceptors (Lipinski definition) is 6. The maximum atomic E-state index is 11.3. The highest BCUT2D eigenvalue weighted by Gasteiger charge is 2.06. The number of aromatic hydroxyl groups is 1. The lowest BCUT2D eigenvalue weighted by molar-refractivity contribution is 0.0932. The summed E-state index contributed by atoms with van der Waals surface area (Å²) in [5.74, 6) is 0.511. The van der Waals surface area contributed by atoms with Crippen LogP contribution in [0, 0.1) is 6.92 Å². The third-order valence-electron chi connectivity index (χ3n) is 2.68. The highest BCUT2D eigenvalue weighted by molar-refractivity contribution is 5.63. The number of hydrogen-bond donors (Lipinski definition) is 1. The van der Waals surface area contributed by atoms with Gasteiger partial charge in [-0.05, 0) is 24.6 Å². The van der Waals surface area contributed by atoms with E-state index in [0.717, 1.165) is 5.56 Å². The van der Waals surface area contributed by atoms with Gasteiger partial charge in [-0.2, -0.15) is 0 Å². The minimum Gasteiger partial charge on any atom is -0.507 e. The van der Waals surface area contributed by atoms with E-state index >= 15 is 0 Å². The van der Waals surface area contributed by atoms with Gasteiger partial charge in [-0.1, -0.05) is 36.4 Å². The van der Waals surface area contributed by atoms with Crippen molar-refractivity contribution in [2.45, 2.75) is 13.5 Å². The van der Waals surface area contributed by atoms with Gasteiger partial charge in [0.15, 0.2) is 0 Å². The van der Waals surface area contributed by atoms with Crippen LogP contribution in [0.4, 0.5) is 4.79 Å². The lowest BCUT2D eigenvalue weighted by Crippen LogP contribution is -2.06.